The average Bonchev–Trinajstić information content (AvgIpc) is 2.50. The van der Waals surface area contributed by atoms with Crippen molar-refractivity contribution in [1.29, 1.82) is 0 Å². The number of hydrogen-bond donors (Lipinski definition) is 1. The standard InChI is InChI=1S/C5H5.C2H5NO.C2H7Si.2ClH.Hf/c1-2-4-5-3-1;1-2(3)4;1-3-2;;;/h1-3H,4H2;1H3,(H2,3,4);3H,1-2H3;2*1H;/q;;;;;+3/p-3. The Labute approximate surface area is 113 Å². The van der Waals surface area contributed by atoms with Crippen LogP contribution in [0, 0.1) is 0 Å². The second-order valence-corrected chi connectivity index (χ2v) is 29.2. The summed E-state index contributed by atoms with van der Waals surface area (Å²) in [6.07, 6.45) is 7.65. The van der Waals surface area contributed by atoms with Crippen molar-refractivity contribution < 1.29 is 50.5 Å². The molecule has 0 atom stereocenters. The van der Waals surface area contributed by atoms with Gasteiger partial charge in [0.05, 0.1) is 0 Å². The van der Waals surface area contributed by atoms with Crippen LogP contribution in [-0.2, 0) is 25.7 Å². The van der Waals surface area contributed by atoms with Gasteiger partial charge in [0.15, 0.2) is 0 Å². The van der Waals surface area contributed by atoms with E-state index in [2.05, 4.69) is 34.6 Å². The Kier molecular flexibility index (Phi) is 10.5. The van der Waals surface area contributed by atoms with E-state index >= 15 is 0 Å². The van der Waals surface area contributed by atoms with Gasteiger partial charge < -0.3 is 24.8 Å². The molecule has 0 saturated heterocycles. The molecular formula is C9H16Cl2HfNOSi. The fourth-order valence-corrected chi connectivity index (χ4v) is 21.1. The first-order chi connectivity index (χ1) is 6.11. The second kappa shape index (κ2) is 8.73. The smallest absolute Gasteiger partial charge is 1.00 e. The van der Waals surface area contributed by atoms with Crippen molar-refractivity contribution in [1.82, 2.24) is 3.30 Å². The number of amides is 1. The Morgan fingerprint density at radius 1 is 1.47 bits per heavy atom. The van der Waals surface area contributed by atoms with Crippen LogP contribution in [0.4, 0.5) is 0 Å². The van der Waals surface area contributed by atoms with Gasteiger partial charge in [0, 0.05) is 0 Å². The largest absolute Gasteiger partial charge is 1.00 e. The minimum absolute atomic E-state index is 0. The van der Waals surface area contributed by atoms with E-state index in [4.69, 9.17) is 0 Å². The Bertz CT molecular complexity index is 269. The van der Waals surface area contributed by atoms with Crippen LogP contribution in [-0.4, -0.2) is 11.9 Å². The van der Waals surface area contributed by atoms with Crippen LogP contribution < -0.4 is 28.1 Å². The van der Waals surface area contributed by atoms with E-state index < -0.39 is 26.9 Å². The summed E-state index contributed by atoms with van der Waals surface area (Å²) >= 11 is -1.84. The number of carbonyl (C=O) groups is 1. The van der Waals surface area contributed by atoms with E-state index in [9.17, 15) is 4.79 Å². The summed E-state index contributed by atoms with van der Waals surface area (Å²) in [7, 11) is 0. The summed E-state index contributed by atoms with van der Waals surface area (Å²) < 4.78 is 4.83. The van der Waals surface area contributed by atoms with Crippen molar-refractivity contribution in [2.24, 2.45) is 0 Å². The van der Waals surface area contributed by atoms with E-state index in [1.807, 2.05) is 0 Å². The molecule has 0 radical (unpaired) electrons. The quantitative estimate of drug-likeness (QED) is 0.449. The second-order valence-electron chi connectivity index (χ2n) is 3.57. The summed E-state index contributed by atoms with van der Waals surface area (Å²) in [4.78, 5) is 11.0. The molecule has 0 aromatic rings. The molecule has 0 spiro atoms. The molecule has 0 aromatic carbocycles. The average molecular weight is 432 g/mol. The van der Waals surface area contributed by atoms with Gasteiger partial charge in [-0.1, -0.05) is 0 Å². The van der Waals surface area contributed by atoms with Gasteiger partial charge in [-0.25, -0.2) is 0 Å². The number of allylic oxidation sites excluding steroid dienone is 4. The molecule has 1 amide bonds. The summed E-state index contributed by atoms with van der Waals surface area (Å²) in [5, 5.41) is 0. The predicted molar refractivity (Wildman–Crippen MR) is 54.5 cm³/mol. The maximum atomic E-state index is 11.0. The van der Waals surface area contributed by atoms with Crippen molar-refractivity contribution in [3.05, 3.63) is 21.6 Å². The first-order valence-corrected chi connectivity index (χ1v) is 17.3. The number of rotatable bonds is 3. The Morgan fingerprint density at radius 2 is 2.07 bits per heavy atom. The maximum absolute atomic E-state index is 11.0. The Morgan fingerprint density at radius 3 is 2.40 bits per heavy atom. The van der Waals surface area contributed by atoms with Gasteiger partial charge in [0.1, 0.15) is 0 Å². The third kappa shape index (κ3) is 6.05. The number of halogens is 2. The molecule has 1 aliphatic rings. The molecule has 0 unspecified atom stereocenters. The molecule has 0 heterocycles. The monoisotopic (exact) mass is 432 g/mol. The third-order valence-corrected chi connectivity index (χ3v) is 25.9. The van der Waals surface area contributed by atoms with Crippen molar-refractivity contribution >= 4 is 11.9 Å². The minimum Gasteiger partial charge on any atom is -1.00 e. The minimum atomic E-state index is -1.84. The molecule has 0 bridgehead atoms. The zero-order valence-electron chi connectivity index (χ0n) is 9.18. The number of nitrogens with one attached hydrogen (secondary N) is 1. The fraction of sp³-hybridized carbons (Fsp3) is 0.444. The molecule has 1 N–H and O–H groups in total. The van der Waals surface area contributed by atoms with Crippen molar-refractivity contribution in [3.63, 3.8) is 0 Å². The van der Waals surface area contributed by atoms with Gasteiger partial charge in [0.2, 0.25) is 0 Å². The van der Waals surface area contributed by atoms with Gasteiger partial charge in [0.25, 0.3) is 0 Å². The van der Waals surface area contributed by atoms with Crippen LogP contribution in [0.1, 0.15) is 13.3 Å². The molecule has 1 aliphatic carbocycles. The summed E-state index contributed by atoms with van der Waals surface area (Å²) in [5.74, 6) is -0.445. The van der Waals surface area contributed by atoms with E-state index in [0.29, 0.717) is 0 Å². The molecule has 0 aromatic heterocycles. The van der Waals surface area contributed by atoms with Crippen molar-refractivity contribution in [2.75, 3.05) is 0 Å². The first kappa shape index (κ1) is 18.0. The van der Waals surface area contributed by atoms with Gasteiger partial charge in [-0.15, -0.1) is 0 Å². The number of carbonyl (C=O) groups excluding carboxylic acids is 1. The summed E-state index contributed by atoms with van der Waals surface area (Å²) in [6, 6.07) is 0. The predicted octanol–water partition coefficient (Wildman–Crippen LogP) is -4.51. The van der Waals surface area contributed by atoms with Gasteiger partial charge in [-0.05, 0) is 0 Å². The Balaban J connectivity index is 0. The van der Waals surface area contributed by atoms with Crippen LogP contribution in [0.25, 0.3) is 0 Å². The fourth-order valence-electron chi connectivity index (χ4n) is 1.43. The maximum Gasteiger partial charge on any atom is -1.00 e. The summed E-state index contributed by atoms with van der Waals surface area (Å²) in [5.41, 5.74) is 0. The molecule has 1 rings (SSSR count). The van der Waals surface area contributed by atoms with E-state index in [0.717, 1.165) is 6.42 Å². The molecule has 15 heavy (non-hydrogen) atoms. The van der Waals surface area contributed by atoms with Crippen LogP contribution in [0.2, 0.25) is 13.1 Å². The molecule has 85 valence electrons. The van der Waals surface area contributed by atoms with Gasteiger partial charge in [-0.2, -0.15) is 0 Å². The SMILES string of the molecule is CC(=O)[NH][Hf+2]([C]1=CC=CC1)[SiH](C)C.[Cl-].[Cl-]. The molecular weight excluding hydrogens is 416 g/mol. The van der Waals surface area contributed by atoms with E-state index in [1.165, 1.54) is 0 Å². The number of hydrogen-bond acceptors (Lipinski definition) is 1. The molecule has 0 fully saturated rings. The van der Waals surface area contributed by atoms with Crippen molar-refractivity contribution in [3.8, 4) is 0 Å². The molecule has 6 heteroatoms. The van der Waals surface area contributed by atoms with E-state index in [1.54, 1.807) is 10.3 Å². The first-order valence-electron chi connectivity index (χ1n) is 4.61. The zero-order chi connectivity index (χ0) is 9.84. The summed E-state index contributed by atoms with van der Waals surface area (Å²) in [6.45, 7) is 6.36. The Hall–Kier alpha value is 0.617. The third-order valence-electron chi connectivity index (χ3n) is 2.01. The molecule has 2 nitrogen and oxygen atoms in total. The van der Waals surface area contributed by atoms with Gasteiger partial charge in [-0.3, -0.25) is 0 Å². The van der Waals surface area contributed by atoms with Crippen LogP contribution in [0.3, 0.4) is 0 Å². The van der Waals surface area contributed by atoms with E-state index in [-0.39, 0.29) is 30.7 Å². The van der Waals surface area contributed by atoms with Crippen LogP contribution >= 0.6 is 0 Å². The molecule has 0 aliphatic heterocycles. The van der Waals surface area contributed by atoms with Crippen LogP contribution in [0.15, 0.2) is 21.6 Å². The van der Waals surface area contributed by atoms with Crippen molar-refractivity contribution in [2.45, 2.75) is 26.4 Å². The van der Waals surface area contributed by atoms with Gasteiger partial charge >= 0.3 is 88.9 Å². The van der Waals surface area contributed by atoms with Crippen LogP contribution in [0.5, 0.6) is 0 Å². The normalized spacial score (nSPS) is 12.7. The topological polar surface area (TPSA) is 29.1 Å². The zero-order valence-corrected chi connectivity index (χ0v) is 15.4. The molecule has 0 saturated carbocycles.